The van der Waals surface area contributed by atoms with Crippen LogP contribution in [0.5, 0.6) is 0 Å². The number of hydrogen-bond acceptors (Lipinski definition) is 4. The lowest BCUT2D eigenvalue weighted by Gasteiger charge is -2.27. The summed E-state index contributed by atoms with van der Waals surface area (Å²) in [6, 6.07) is 80.7. The first-order chi connectivity index (χ1) is 40.9. The van der Waals surface area contributed by atoms with Gasteiger partial charge in [-0.05, 0) is 82.6 Å². The van der Waals surface area contributed by atoms with E-state index in [0.29, 0.717) is 33.9 Å². The lowest BCUT2D eigenvalue weighted by molar-refractivity contribution is 0.591. The van der Waals surface area contributed by atoms with Gasteiger partial charge in [-0.1, -0.05) is 187 Å². The Morgan fingerprint density at radius 3 is 0.940 bits per heavy atom. The van der Waals surface area contributed by atoms with Gasteiger partial charge in [-0.3, -0.25) is 0 Å². The first kappa shape index (κ1) is 48.7. The molecule has 17 aromatic rings. The fourth-order valence-corrected chi connectivity index (χ4v) is 16.5. The van der Waals surface area contributed by atoms with E-state index in [1.807, 2.05) is 0 Å². The molecule has 0 aliphatic heterocycles. The first-order valence-electron chi connectivity index (χ1n) is 28.7. The average Bonchev–Trinajstić information content (AvgIpc) is 1.78. The fourth-order valence-electron chi connectivity index (χ4n) is 14.1. The predicted molar refractivity (Wildman–Crippen MR) is 356 cm³/mol. The molecule has 0 aliphatic rings. The summed E-state index contributed by atoms with van der Waals surface area (Å²) in [6.45, 7) is 13.6. The number of rotatable bonds is 4. The smallest absolute Gasteiger partial charge is 0.104 e. The molecule has 0 saturated carbocycles. The van der Waals surface area contributed by atoms with E-state index in [1.165, 1.54) is 31.3 Å². The molecule has 6 aromatic heterocycles. The van der Waals surface area contributed by atoms with Crippen LogP contribution in [0.2, 0.25) is 0 Å². The second kappa shape index (κ2) is 17.3. The molecule has 6 heterocycles. The van der Waals surface area contributed by atoms with Crippen LogP contribution < -0.4 is 0 Å². The van der Waals surface area contributed by atoms with Gasteiger partial charge in [0.05, 0.1) is 76.3 Å². The molecule has 398 valence electrons. The molecule has 0 saturated heterocycles. The van der Waals surface area contributed by atoms with Crippen molar-refractivity contribution in [1.82, 2.24) is 18.3 Å². The minimum Gasteiger partial charge on any atom is -0.306 e. The Morgan fingerprint density at radius 2 is 0.595 bits per heavy atom. The van der Waals surface area contributed by atoms with Crippen LogP contribution in [0.15, 0.2) is 206 Å². The maximum absolute atomic E-state index is 13.1. The summed E-state index contributed by atoms with van der Waals surface area (Å²) in [6.07, 6.45) is 0. The van der Waals surface area contributed by atoms with Crippen LogP contribution in [-0.2, 0) is 10.8 Å². The van der Waals surface area contributed by atoms with E-state index in [9.17, 15) is 10.5 Å². The quantitative estimate of drug-likeness (QED) is 0.176. The zero-order valence-electron chi connectivity index (χ0n) is 47.1. The summed E-state index contributed by atoms with van der Waals surface area (Å²) in [4.78, 5) is 0. The lowest BCUT2D eigenvalue weighted by Crippen LogP contribution is -2.17. The molecule has 0 spiro atoms. The van der Waals surface area contributed by atoms with Crippen molar-refractivity contribution < 1.29 is 0 Å². The van der Waals surface area contributed by atoms with Gasteiger partial charge in [0.25, 0.3) is 0 Å². The van der Waals surface area contributed by atoms with Crippen LogP contribution in [0, 0.1) is 22.7 Å². The molecule has 11 aromatic carbocycles. The van der Waals surface area contributed by atoms with Gasteiger partial charge >= 0.3 is 0 Å². The summed E-state index contributed by atoms with van der Waals surface area (Å²) >= 11 is 3.58. The zero-order valence-corrected chi connectivity index (χ0v) is 48.8. The number of benzene rings is 11. The Balaban J connectivity index is 1.20. The van der Waals surface area contributed by atoms with Crippen molar-refractivity contribution in [3.8, 4) is 34.9 Å². The number of para-hydroxylation sites is 4. The number of fused-ring (bicyclic) bond motifs is 20. The molecular formula is C76H52N6S2. The molecule has 0 amide bonds. The van der Waals surface area contributed by atoms with Gasteiger partial charge in [0.15, 0.2) is 0 Å². The first-order valence-corrected chi connectivity index (χ1v) is 30.3. The van der Waals surface area contributed by atoms with Crippen LogP contribution in [0.25, 0.3) is 150 Å². The van der Waals surface area contributed by atoms with Crippen molar-refractivity contribution in [2.24, 2.45) is 0 Å². The predicted octanol–water partition coefficient (Wildman–Crippen LogP) is 21.1. The second-order valence-electron chi connectivity index (χ2n) is 24.6. The maximum Gasteiger partial charge on any atom is 0.104 e. The Bertz CT molecular complexity index is 5390. The zero-order chi connectivity index (χ0) is 56.7. The van der Waals surface area contributed by atoms with Gasteiger partial charge in [0.1, 0.15) is 23.3 Å². The summed E-state index contributed by atoms with van der Waals surface area (Å²) in [5.41, 5.74) is 13.1. The number of nitrogens with zero attached hydrogens (tertiary/aromatic N) is 6. The number of aromatic nitrogens is 4. The molecule has 8 heteroatoms. The van der Waals surface area contributed by atoms with Gasteiger partial charge in [-0.25, -0.2) is 0 Å². The second-order valence-corrected chi connectivity index (χ2v) is 26.7. The third-order valence-electron chi connectivity index (χ3n) is 18.0. The van der Waals surface area contributed by atoms with Crippen LogP contribution in [-0.4, -0.2) is 18.3 Å². The molecule has 84 heavy (non-hydrogen) atoms. The van der Waals surface area contributed by atoms with Crippen LogP contribution in [0.3, 0.4) is 0 Å². The van der Waals surface area contributed by atoms with E-state index in [1.54, 1.807) is 22.7 Å². The van der Waals surface area contributed by atoms with Crippen molar-refractivity contribution >= 4 is 150 Å². The Kier molecular flexibility index (Phi) is 10.0. The highest BCUT2D eigenvalue weighted by molar-refractivity contribution is 7.27. The molecule has 0 radical (unpaired) electrons. The highest BCUT2D eigenvalue weighted by atomic mass is 32.1. The van der Waals surface area contributed by atoms with Gasteiger partial charge in [-0.15, -0.1) is 22.7 Å². The Hall–Kier alpha value is -9.96. The van der Waals surface area contributed by atoms with E-state index in [4.69, 9.17) is 0 Å². The number of hydrogen-bond donors (Lipinski definition) is 0. The van der Waals surface area contributed by atoms with E-state index >= 15 is 0 Å². The number of thiophene rings is 2. The largest absolute Gasteiger partial charge is 0.306 e. The molecule has 0 fully saturated rings. The standard InChI is InChI=1S/C76H52N6S2/c1-75(2,3)43-31-37-63-55(39-43)51-33-35-53-49-23-11-17-29-65(49)83-73(53)71(51)81(63)69-57(41-77)68(80-61-27-15-9-21-47(61)48-22-10-16-28-62(48)80)70(58(42-78)67(69)79-59-25-13-7-19-45(59)46-20-8-14-26-60(46)79)82-64-38-32-44(76(4,5)6)40-56(64)52-34-36-54-50-24-12-18-30-66(50)84-74(54)72(52)82/h7-40H,1-6H3. The SMILES string of the molecule is CC(C)(C)c1ccc2c(c1)c1ccc3c4ccccc4sc3c1n2-c1c(C#N)c(-n2c3ccccc3c3ccccc32)c(-n2c3ccc(C(C)(C)C)cc3c3ccc4c5ccccc5sc4c32)c(C#N)c1-n1c2ccccc2c2ccccc21. The number of nitriles is 2. The van der Waals surface area contributed by atoms with E-state index < -0.39 is 0 Å². The van der Waals surface area contributed by atoms with Gasteiger partial charge in [-0.2, -0.15) is 10.5 Å². The fraction of sp³-hybridized carbons (Fsp3) is 0.105. The molecule has 0 N–H and O–H groups in total. The maximum atomic E-state index is 13.1. The van der Waals surface area contributed by atoms with E-state index in [0.717, 1.165) is 107 Å². The normalized spacial score (nSPS) is 12.6. The van der Waals surface area contributed by atoms with Gasteiger partial charge in [0, 0.05) is 74.0 Å². The molecule has 0 aliphatic carbocycles. The third-order valence-corrected chi connectivity index (χ3v) is 20.3. The topological polar surface area (TPSA) is 67.3 Å². The van der Waals surface area contributed by atoms with Crippen molar-refractivity contribution in [3.05, 3.63) is 229 Å². The van der Waals surface area contributed by atoms with Crippen LogP contribution in [0.1, 0.15) is 63.8 Å². The molecule has 17 rings (SSSR count). The van der Waals surface area contributed by atoms with E-state index in [-0.39, 0.29) is 10.8 Å². The van der Waals surface area contributed by atoms with Crippen molar-refractivity contribution in [3.63, 3.8) is 0 Å². The summed E-state index contributed by atoms with van der Waals surface area (Å²) in [5, 5.41) is 39.5. The van der Waals surface area contributed by atoms with Gasteiger partial charge < -0.3 is 18.3 Å². The van der Waals surface area contributed by atoms with Crippen molar-refractivity contribution in [2.75, 3.05) is 0 Å². The van der Waals surface area contributed by atoms with Crippen LogP contribution >= 0.6 is 22.7 Å². The van der Waals surface area contributed by atoms with E-state index in [2.05, 4.69) is 278 Å². The summed E-state index contributed by atoms with van der Waals surface area (Å²) in [5.74, 6) is 0. The minimum atomic E-state index is -0.161. The molecule has 6 nitrogen and oxygen atoms in total. The Labute approximate surface area is 491 Å². The average molecular weight is 1110 g/mol. The van der Waals surface area contributed by atoms with Crippen molar-refractivity contribution in [2.45, 2.75) is 52.4 Å². The highest BCUT2D eigenvalue weighted by Gasteiger charge is 2.36. The van der Waals surface area contributed by atoms with Crippen LogP contribution in [0.4, 0.5) is 0 Å². The molecular weight excluding hydrogens is 1060 g/mol. The third kappa shape index (κ3) is 6.53. The lowest BCUT2D eigenvalue weighted by atomic mass is 9.86. The molecule has 0 atom stereocenters. The van der Waals surface area contributed by atoms with Crippen molar-refractivity contribution in [1.29, 1.82) is 10.5 Å². The summed E-state index contributed by atoms with van der Waals surface area (Å²) in [7, 11) is 0. The summed E-state index contributed by atoms with van der Waals surface area (Å²) < 4.78 is 14.0. The minimum absolute atomic E-state index is 0.161. The Morgan fingerprint density at radius 1 is 0.298 bits per heavy atom. The van der Waals surface area contributed by atoms with Gasteiger partial charge in [0.2, 0.25) is 0 Å². The monoisotopic (exact) mass is 1110 g/mol. The molecule has 0 bridgehead atoms. The highest BCUT2D eigenvalue weighted by Crippen LogP contribution is 2.52. The molecule has 0 unspecified atom stereocenters.